The Labute approximate surface area is 375 Å². The van der Waals surface area contributed by atoms with Crippen LogP contribution in [0.15, 0.2) is 212 Å². The molecule has 1 aromatic heterocycles. The Kier molecular flexibility index (Phi) is 8.65. The molecule has 2 heteroatoms. The lowest BCUT2D eigenvalue weighted by molar-refractivity contribution is 0.661. The second-order valence-corrected chi connectivity index (χ2v) is 17.8. The van der Waals surface area contributed by atoms with Gasteiger partial charge in [-0.05, 0) is 141 Å². The Morgan fingerprint density at radius 1 is 0.406 bits per heavy atom. The van der Waals surface area contributed by atoms with Gasteiger partial charge in [0, 0.05) is 62.0 Å². The zero-order valence-corrected chi connectivity index (χ0v) is 36.3. The lowest BCUT2D eigenvalue weighted by Crippen LogP contribution is -2.29. The van der Waals surface area contributed by atoms with E-state index in [2.05, 4.69) is 254 Å². The first-order valence-corrected chi connectivity index (χ1v) is 22.5. The number of hydrogen-bond donors (Lipinski definition) is 0. The molecule has 0 bridgehead atoms. The number of para-hydroxylation sites is 3. The maximum absolute atomic E-state index is 3.67. The molecule has 0 saturated heterocycles. The zero-order chi connectivity index (χ0) is 43.0. The van der Waals surface area contributed by atoms with E-state index in [0.29, 0.717) is 0 Å². The first kappa shape index (κ1) is 37.9. The minimum atomic E-state index is -0.586. The quantitative estimate of drug-likeness (QED) is 0.152. The molecule has 0 unspecified atom stereocenters. The third-order valence-corrected chi connectivity index (χ3v) is 14.1. The average Bonchev–Trinajstić information content (AvgIpc) is 3.91. The van der Waals surface area contributed by atoms with E-state index >= 15 is 0 Å². The fraction of sp³-hybridized carbons (Fsp3) is 0.0968. The topological polar surface area (TPSA) is 8.17 Å². The molecule has 0 N–H and O–H groups in total. The second kappa shape index (κ2) is 14.6. The summed E-state index contributed by atoms with van der Waals surface area (Å²) in [5.41, 5.74) is 20.0. The molecule has 0 saturated carbocycles. The highest BCUT2D eigenvalue weighted by molar-refractivity contribution is 6.10. The summed E-state index contributed by atoms with van der Waals surface area (Å²) >= 11 is 0. The van der Waals surface area contributed by atoms with Crippen LogP contribution in [0.3, 0.4) is 0 Å². The van der Waals surface area contributed by atoms with Crippen LogP contribution in [0.2, 0.25) is 0 Å². The van der Waals surface area contributed by atoms with E-state index in [-0.39, 0.29) is 5.41 Å². The summed E-state index contributed by atoms with van der Waals surface area (Å²) < 4.78 is 2.46. The van der Waals surface area contributed by atoms with E-state index in [4.69, 9.17) is 0 Å². The number of aryl methyl sites for hydroxylation is 1. The monoisotopic (exact) mass is 818 g/mol. The number of rotatable bonds is 6. The summed E-state index contributed by atoms with van der Waals surface area (Å²) in [5.74, 6) is 7.31. The van der Waals surface area contributed by atoms with Gasteiger partial charge in [-0.1, -0.05) is 159 Å². The van der Waals surface area contributed by atoms with Crippen molar-refractivity contribution in [3.63, 3.8) is 0 Å². The molecule has 2 aliphatic carbocycles. The van der Waals surface area contributed by atoms with E-state index in [0.717, 1.165) is 34.7 Å². The molecule has 0 spiro atoms. The average molecular weight is 819 g/mol. The molecule has 0 fully saturated rings. The Morgan fingerprint density at radius 2 is 0.891 bits per heavy atom. The number of hydrogen-bond acceptors (Lipinski definition) is 1. The van der Waals surface area contributed by atoms with E-state index in [1.807, 2.05) is 0 Å². The van der Waals surface area contributed by atoms with Crippen molar-refractivity contribution < 1.29 is 0 Å². The number of aromatic nitrogens is 1. The molecule has 2 aliphatic rings. The Morgan fingerprint density at radius 3 is 1.48 bits per heavy atom. The molecule has 9 aromatic carbocycles. The van der Waals surface area contributed by atoms with Crippen LogP contribution in [0.4, 0.5) is 17.1 Å². The van der Waals surface area contributed by atoms with Gasteiger partial charge < -0.3 is 9.47 Å². The predicted molar refractivity (Wildman–Crippen MR) is 267 cm³/mol. The molecule has 304 valence electrons. The van der Waals surface area contributed by atoms with Crippen LogP contribution in [0, 0.1) is 11.8 Å². The molecular formula is C62H46N2. The van der Waals surface area contributed by atoms with Crippen molar-refractivity contribution in [3.05, 3.63) is 257 Å². The van der Waals surface area contributed by atoms with Crippen LogP contribution < -0.4 is 4.90 Å². The van der Waals surface area contributed by atoms with Crippen molar-refractivity contribution in [1.82, 2.24) is 4.57 Å². The van der Waals surface area contributed by atoms with Gasteiger partial charge in [-0.25, -0.2) is 0 Å². The molecule has 0 amide bonds. The van der Waals surface area contributed by atoms with Crippen LogP contribution >= 0.6 is 0 Å². The summed E-state index contributed by atoms with van der Waals surface area (Å²) in [5, 5.41) is 2.65. The van der Waals surface area contributed by atoms with Gasteiger partial charge in [0.05, 0.1) is 5.41 Å². The van der Waals surface area contributed by atoms with E-state index in [1.54, 1.807) is 0 Å². The van der Waals surface area contributed by atoms with Gasteiger partial charge in [0.25, 0.3) is 0 Å². The number of nitrogens with zero attached hydrogens (tertiary/aromatic N) is 2. The minimum Gasteiger partial charge on any atom is -0.341 e. The number of fused-ring (bicyclic) bond motifs is 9. The minimum absolute atomic E-state index is 0.161. The largest absolute Gasteiger partial charge is 0.341 e. The normalized spacial score (nSPS) is 13.7. The lowest BCUT2D eigenvalue weighted by atomic mass is 9.67. The highest BCUT2D eigenvalue weighted by Crippen LogP contribution is 2.58. The Hall–Kier alpha value is -7.86. The van der Waals surface area contributed by atoms with Crippen LogP contribution in [0.1, 0.15) is 65.3 Å². The SMILES string of the molecule is CCn1c2ccccc2c2cc3c(cc21)-c1ccc(C#Cc2ccc4c(c2)C(c2ccccc2)(c2ccccc2)c2cc(N(c5ccccc5)c5ccccc5)ccc2-4)cc1C3(C)C. The third kappa shape index (κ3) is 5.61. The van der Waals surface area contributed by atoms with Crippen LogP contribution in [-0.2, 0) is 17.4 Å². The molecule has 12 rings (SSSR count). The van der Waals surface area contributed by atoms with E-state index < -0.39 is 5.41 Å². The predicted octanol–water partition coefficient (Wildman–Crippen LogP) is 15.4. The van der Waals surface area contributed by atoms with Gasteiger partial charge in [0.15, 0.2) is 0 Å². The van der Waals surface area contributed by atoms with Gasteiger partial charge in [-0.15, -0.1) is 0 Å². The first-order chi connectivity index (χ1) is 31.4. The van der Waals surface area contributed by atoms with Crippen molar-refractivity contribution >= 4 is 38.9 Å². The summed E-state index contributed by atoms with van der Waals surface area (Å²) in [6.45, 7) is 7.92. The third-order valence-electron chi connectivity index (χ3n) is 14.1. The standard InChI is InChI=1S/C62H46N2/c1-4-63-59-28-18-17-27-52(59)54-40-56-53(41-60(54)63)51-35-32-42(37-55(51)61(56,2)3)29-30-43-31-34-49-50-36-33-48(64(46-23-13-7-14-24-46)47-25-15-8-16-26-47)39-58(50)62(57(49)38-43,44-19-9-5-10-20-44)45-21-11-6-12-22-45/h5-28,31-41H,4H2,1-3H3. The fourth-order valence-corrected chi connectivity index (χ4v) is 11.1. The first-order valence-electron chi connectivity index (χ1n) is 22.5. The highest BCUT2D eigenvalue weighted by Gasteiger charge is 2.46. The van der Waals surface area contributed by atoms with E-state index in [1.165, 1.54) is 77.4 Å². The van der Waals surface area contributed by atoms with Crippen LogP contribution in [0.25, 0.3) is 44.1 Å². The van der Waals surface area contributed by atoms with Gasteiger partial charge in [-0.2, -0.15) is 0 Å². The van der Waals surface area contributed by atoms with Crippen LogP contribution in [-0.4, -0.2) is 4.57 Å². The summed E-state index contributed by atoms with van der Waals surface area (Å²) in [6.07, 6.45) is 0. The smallest absolute Gasteiger partial charge is 0.0714 e. The van der Waals surface area contributed by atoms with Crippen molar-refractivity contribution in [3.8, 4) is 34.1 Å². The maximum Gasteiger partial charge on any atom is 0.0714 e. The van der Waals surface area contributed by atoms with Gasteiger partial charge >= 0.3 is 0 Å². The zero-order valence-electron chi connectivity index (χ0n) is 36.3. The van der Waals surface area contributed by atoms with Crippen molar-refractivity contribution in [2.45, 2.75) is 38.1 Å². The lowest BCUT2D eigenvalue weighted by Gasteiger charge is -2.35. The van der Waals surface area contributed by atoms with Gasteiger partial charge in [-0.3, -0.25) is 0 Å². The van der Waals surface area contributed by atoms with Gasteiger partial charge in [0.1, 0.15) is 0 Å². The van der Waals surface area contributed by atoms with Crippen LogP contribution in [0.5, 0.6) is 0 Å². The second-order valence-electron chi connectivity index (χ2n) is 17.8. The number of anilines is 3. The summed E-state index contributed by atoms with van der Waals surface area (Å²) in [4.78, 5) is 2.36. The molecule has 1 heterocycles. The molecule has 2 nitrogen and oxygen atoms in total. The Bertz CT molecular complexity index is 3420. The van der Waals surface area contributed by atoms with E-state index in [9.17, 15) is 0 Å². The molecule has 64 heavy (non-hydrogen) atoms. The van der Waals surface area contributed by atoms with Crippen molar-refractivity contribution in [2.75, 3.05) is 4.90 Å². The summed E-state index contributed by atoms with van der Waals surface area (Å²) in [7, 11) is 0. The molecule has 10 aromatic rings. The molecular weight excluding hydrogens is 773 g/mol. The molecule has 0 atom stereocenters. The Balaban J connectivity index is 0.994. The van der Waals surface area contributed by atoms with Gasteiger partial charge in [0.2, 0.25) is 0 Å². The maximum atomic E-state index is 3.67. The molecule has 0 radical (unpaired) electrons. The highest BCUT2D eigenvalue weighted by atomic mass is 15.1. The van der Waals surface area contributed by atoms with Crippen molar-refractivity contribution in [2.24, 2.45) is 0 Å². The number of benzene rings is 9. The summed E-state index contributed by atoms with van der Waals surface area (Å²) in [6, 6.07) is 77.9. The fourth-order valence-electron chi connectivity index (χ4n) is 11.1. The molecule has 0 aliphatic heterocycles. The van der Waals surface area contributed by atoms with Crippen molar-refractivity contribution in [1.29, 1.82) is 0 Å².